The lowest BCUT2D eigenvalue weighted by molar-refractivity contribution is -0.167. The maximum absolute atomic E-state index is 11.4. The highest BCUT2D eigenvalue weighted by Crippen LogP contribution is 2.48. The van der Waals surface area contributed by atoms with Gasteiger partial charge in [0, 0.05) is 31.0 Å². The Morgan fingerprint density at radius 2 is 2.05 bits per heavy atom. The molecule has 0 N–H and O–H groups in total. The van der Waals surface area contributed by atoms with Crippen molar-refractivity contribution in [3.05, 3.63) is 34.2 Å². The molecule has 0 amide bonds. The van der Waals surface area contributed by atoms with Gasteiger partial charge in [-0.15, -0.1) is 0 Å². The fourth-order valence-corrected chi connectivity index (χ4v) is 2.50. The van der Waals surface area contributed by atoms with E-state index < -0.39 is 24.0 Å². The number of methoxy groups -OCH3 is 2. The Hall–Kier alpha value is -2.54. The largest absolute Gasteiger partial charge is 0.490 e. The van der Waals surface area contributed by atoms with Gasteiger partial charge in [-0.1, -0.05) is 0 Å². The van der Waals surface area contributed by atoms with Gasteiger partial charge in [0.2, 0.25) is 12.0 Å². The first-order valence-electron chi connectivity index (χ1n) is 6.56. The van der Waals surface area contributed by atoms with Crippen LogP contribution in [0.5, 0.6) is 11.5 Å². The second-order valence-corrected chi connectivity index (χ2v) is 4.75. The van der Waals surface area contributed by atoms with Crippen LogP contribution in [-0.2, 0) is 14.3 Å². The molecular weight excluding hydrogens is 292 g/mol. The molecule has 1 aromatic carbocycles. The van der Waals surface area contributed by atoms with Crippen molar-refractivity contribution in [2.45, 2.75) is 19.3 Å². The number of esters is 1. The number of carbonyl (C=O) groups excluding carboxylic acids is 1. The first kappa shape index (κ1) is 14.4. The normalized spacial score (nSPS) is 19.6. The monoisotopic (exact) mass is 306 g/mol. The summed E-state index contributed by atoms with van der Waals surface area (Å²) in [6.07, 6.45) is -1.51. The van der Waals surface area contributed by atoms with Crippen LogP contribution in [0, 0.1) is 0 Å². The Morgan fingerprint density at radius 1 is 1.27 bits per heavy atom. The van der Waals surface area contributed by atoms with Gasteiger partial charge in [0.25, 0.3) is 0 Å². The molecule has 1 aliphatic rings. The molecule has 0 saturated carbocycles. The van der Waals surface area contributed by atoms with E-state index in [9.17, 15) is 9.59 Å². The summed E-state index contributed by atoms with van der Waals surface area (Å²) in [6, 6.07) is 4.64. The zero-order chi connectivity index (χ0) is 15.9. The lowest BCUT2D eigenvalue weighted by Crippen LogP contribution is -2.24. The van der Waals surface area contributed by atoms with Gasteiger partial charge in [-0.2, -0.15) is 0 Å². The molecule has 1 aromatic heterocycles. The van der Waals surface area contributed by atoms with E-state index in [0.29, 0.717) is 16.7 Å². The molecule has 22 heavy (non-hydrogen) atoms. The smallest absolute Gasteiger partial charge is 0.336 e. The molecule has 0 fully saturated rings. The molecule has 0 aliphatic carbocycles. The van der Waals surface area contributed by atoms with Crippen molar-refractivity contribution < 1.29 is 28.2 Å². The predicted molar refractivity (Wildman–Crippen MR) is 75.0 cm³/mol. The number of rotatable bonds is 3. The lowest BCUT2D eigenvalue weighted by atomic mass is 10.1. The van der Waals surface area contributed by atoms with E-state index in [2.05, 4.69) is 0 Å². The highest BCUT2D eigenvalue weighted by molar-refractivity contribution is 5.87. The number of hydrogen-bond donors (Lipinski definition) is 0. The maximum Gasteiger partial charge on any atom is 0.336 e. The Kier molecular flexibility index (Phi) is 3.50. The van der Waals surface area contributed by atoms with Crippen molar-refractivity contribution in [1.82, 2.24) is 0 Å². The Balaban J connectivity index is 2.24. The van der Waals surface area contributed by atoms with Crippen LogP contribution >= 0.6 is 0 Å². The first-order valence-corrected chi connectivity index (χ1v) is 6.56. The molecule has 0 radical (unpaired) electrons. The third-order valence-corrected chi connectivity index (χ3v) is 3.37. The molecule has 7 nitrogen and oxygen atoms in total. The summed E-state index contributed by atoms with van der Waals surface area (Å²) in [4.78, 5) is 22.7. The lowest BCUT2D eigenvalue weighted by Gasteiger charge is -2.16. The number of carbonyl (C=O) groups is 1. The SMILES string of the molecule is COc1c2c(cc3ccc(=O)oc13)C(OC(C)=O)C(OC)O2. The number of ether oxygens (including phenoxy) is 4. The maximum atomic E-state index is 11.4. The molecule has 2 heterocycles. The number of benzene rings is 1. The van der Waals surface area contributed by atoms with Gasteiger partial charge in [-0.25, -0.2) is 4.79 Å². The van der Waals surface area contributed by atoms with Crippen LogP contribution in [0.3, 0.4) is 0 Å². The van der Waals surface area contributed by atoms with Crippen LogP contribution in [0.1, 0.15) is 18.6 Å². The summed E-state index contributed by atoms with van der Waals surface area (Å²) >= 11 is 0. The van der Waals surface area contributed by atoms with E-state index in [1.54, 1.807) is 12.1 Å². The van der Waals surface area contributed by atoms with Crippen LogP contribution < -0.4 is 15.1 Å². The molecule has 3 rings (SSSR count). The summed E-state index contributed by atoms with van der Waals surface area (Å²) in [5.41, 5.74) is 0.371. The average Bonchev–Trinajstić information content (AvgIpc) is 2.82. The Labute approximate surface area is 125 Å². The Morgan fingerprint density at radius 3 is 2.68 bits per heavy atom. The van der Waals surface area contributed by atoms with E-state index in [1.165, 1.54) is 27.2 Å². The van der Waals surface area contributed by atoms with Crippen molar-refractivity contribution in [2.75, 3.05) is 14.2 Å². The van der Waals surface area contributed by atoms with Gasteiger partial charge in [0.05, 0.1) is 7.11 Å². The second kappa shape index (κ2) is 5.34. The minimum absolute atomic E-state index is 0.266. The fourth-order valence-electron chi connectivity index (χ4n) is 2.50. The summed E-state index contributed by atoms with van der Waals surface area (Å²) < 4.78 is 26.6. The molecule has 2 aromatic rings. The zero-order valence-electron chi connectivity index (χ0n) is 12.2. The molecule has 2 atom stereocenters. The van der Waals surface area contributed by atoms with Gasteiger partial charge in [-0.05, 0) is 12.1 Å². The minimum Gasteiger partial charge on any atom is -0.490 e. The molecule has 1 aliphatic heterocycles. The van der Waals surface area contributed by atoms with Gasteiger partial charge >= 0.3 is 11.6 Å². The molecule has 0 bridgehead atoms. The van der Waals surface area contributed by atoms with Crippen molar-refractivity contribution in [3.63, 3.8) is 0 Å². The molecule has 0 spiro atoms. The summed E-state index contributed by atoms with van der Waals surface area (Å²) in [7, 11) is 2.88. The second-order valence-electron chi connectivity index (χ2n) is 4.75. The molecular formula is C15H14O7. The van der Waals surface area contributed by atoms with E-state index in [-0.39, 0.29) is 11.3 Å². The quantitative estimate of drug-likeness (QED) is 0.631. The van der Waals surface area contributed by atoms with Crippen LogP contribution in [-0.4, -0.2) is 26.5 Å². The van der Waals surface area contributed by atoms with Crippen molar-refractivity contribution in [1.29, 1.82) is 0 Å². The van der Waals surface area contributed by atoms with Gasteiger partial charge in [0.15, 0.2) is 17.4 Å². The number of hydrogen-bond acceptors (Lipinski definition) is 7. The summed E-state index contributed by atoms with van der Waals surface area (Å²) in [5, 5.41) is 0.632. The highest BCUT2D eigenvalue weighted by atomic mass is 16.7. The zero-order valence-corrected chi connectivity index (χ0v) is 12.2. The third-order valence-electron chi connectivity index (χ3n) is 3.37. The third kappa shape index (κ3) is 2.19. The standard InChI is InChI=1S/C15H14O7/c1-7(16)20-13-9-6-8-4-5-10(17)21-11(8)14(18-2)12(9)22-15(13)19-3/h4-6,13,15H,1-3H3. The first-order chi connectivity index (χ1) is 10.5. The molecule has 116 valence electrons. The highest BCUT2D eigenvalue weighted by Gasteiger charge is 2.40. The fraction of sp³-hybridized carbons (Fsp3) is 0.333. The van der Waals surface area contributed by atoms with E-state index in [4.69, 9.17) is 23.4 Å². The molecule has 7 heteroatoms. The molecule has 2 unspecified atom stereocenters. The van der Waals surface area contributed by atoms with Crippen LogP contribution in [0.15, 0.2) is 27.4 Å². The van der Waals surface area contributed by atoms with Gasteiger partial charge in [-0.3, -0.25) is 4.79 Å². The summed E-state index contributed by atoms with van der Waals surface area (Å²) in [5.74, 6) is 0.145. The van der Waals surface area contributed by atoms with E-state index in [0.717, 1.165) is 0 Å². The topological polar surface area (TPSA) is 84.2 Å². The summed E-state index contributed by atoms with van der Waals surface area (Å²) in [6.45, 7) is 1.31. The Bertz CT molecular complexity index is 792. The van der Waals surface area contributed by atoms with Crippen molar-refractivity contribution in [2.24, 2.45) is 0 Å². The predicted octanol–water partition coefficient (Wildman–Crippen LogP) is 1.77. The van der Waals surface area contributed by atoms with Crippen LogP contribution in [0.2, 0.25) is 0 Å². The van der Waals surface area contributed by atoms with Crippen molar-refractivity contribution in [3.8, 4) is 11.5 Å². The van der Waals surface area contributed by atoms with Crippen LogP contribution in [0.25, 0.3) is 11.0 Å². The minimum atomic E-state index is -0.795. The molecule has 0 saturated heterocycles. The van der Waals surface area contributed by atoms with Gasteiger partial charge in [0.1, 0.15) is 0 Å². The van der Waals surface area contributed by atoms with E-state index in [1.807, 2.05) is 0 Å². The van der Waals surface area contributed by atoms with E-state index >= 15 is 0 Å². The van der Waals surface area contributed by atoms with Gasteiger partial charge < -0.3 is 23.4 Å². The van der Waals surface area contributed by atoms with Crippen LogP contribution in [0.4, 0.5) is 0 Å². The van der Waals surface area contributed by atoms with Crippen molar-refractivity contribution >= 4 is 16.9 Å². The average molecular weight is 306 g/mol. The number of fused-ring (bicyclic) bond motifs is 2.